The third-order valence-electron chi connectivity index (χ3n) is 5.14. The van der Waals surface area contributed by atoms with Crippen LogP contribution < -0.4 is 10.1 Å². The third kappa shape index (κ3) is 4.29. The summed E-state index contributed by atoms with van der Waals surface area (Å²) in [4.78, 5) is 12.5. The molecule has 0 unspecified atom stereocenters. The average Bonchev–Trinajstić information content (AvgIpc) is 2.81. The van der Waals surface area contributed by atoms with Crippen LogP contribution in [0, 0.1) is 6.92 Å². The van der Waals surface area contributed by atoms with Crippen LogP contribution in [-0.4, -0.2) is 18.6 Å². The van der Waals surface area contributed by atoms with E-state index in [9.17, 15) is 4.79 Å². The first kappa shape index (κ1) is 18.6. The Kier molecular flexibility index (Phi) is 6.02. The van der Waals surface area contributed by atoms with Crippen LogP contribution in [-0.2, 0) is 4.79 Å². The molecule has 1 heterocycles. The predicted molar refractivity (Wildman–Crippen MR) is 105 cm³/mol. The summed E-state index contributed by atoms with van der Waals surface area (Å²) in [5, 5.41) is 4.24. The van der Waals surface area contributed by atoms with Gasteiger partial charge in [-0.15, -0.1) is 0 Å². The highest BCUT2D eigenvalue weighted by molar-refractivity contribution is 5.97. The maximum Gasteiger partial charge on any atom is 0.244 e. The third-order valence-corrected chi connectivity index (χ3v) is 5.14. The smallest absolute Gasteiger partial charge is 0.244 e. The zero-order valence-electron chi connectivity index (χ0n) is 16.1. The molecule has 0 aliphatic heterocycles. The molecule has 3 rings (SSSR count). The average molecular weight is 355 g/mol. The molecular weight excluding hydrogens is 326 g/mol. The number of carbonyl (C=O) groups is 1. The minimum absolute atomic E-state index is 0.0131. The van der Waals surface area contributed by atoms with Gasteiger partial charge >= 0.3 is 0 Å². The second-order valence-corrected chi connectivity index (χ2v) is 7.22. The van der Waals surface area contributed by atoms with Gasteiger partial charge in [-0.3, -0.25) is 4.79 Å². The van der Waals surface area contributed by atoms with Gasteiger partial charge in [0.1, 0.15) is 11.3 Å². The van der Waals surface area contributed by atoms with E-state index in [1.165, 1.54) is 25.7 Å². The minimum Gasteiger partial charge on any atom is -0.493 e. The fourth-order valence-corrected chi connectivity index (χ4v) is 3.71. The number of furan rings is 1. The molecule has 0 radical (unpaired) electrons. The molecule has 0 spiro atoms. The second kappa shape index (κ2) is 8.43. The molecule has 1 aliphatic carbocycles. The van der Waals surface area contributed by atoms with Crippen LogP contribution >= 0.6 is 0 Å². The molecule has 2 aromatic rings. The van der Waals surface area contributed by atoms with Crippen molar-refractivity contribution in [3.05, 3.63) is 35.6 Å². The molecule has 1 amide bonds. The van der Waals surface area contributed by atoms with Gasteiger partial charge in [0, 0.05) is 29.1 Å². The van der Waals surface area contributed by atoms with E-state index in [1.807, 2.05) is 26.8 Å². The lowest BCUT2D eigenvalue weighted by molar-refractivity contribution is -0.117. The zero-order chi connectivity index (χ0) is 18.5. The number of carbonyl (C=O) groups excluding carboxylic acids is 1. The first-order chi connectivity index (χ1) is 12.6. The van der Waals surface area contributed by atoms with Crippen LogP contribution in [0.2, 0.25) is 0 Å². The number of rotatable bonds is 5. The van der Waals surface area contributed by atoms with Gasteiger partial charge in [-0.25, -0.2) is 0 Å². The summed E-state index contributed by atoms with van der Waals surface area (Å²) in [6.07, 6.45) is 10.6. The van der Waals surface area contributed by atoms with Gasteiger partial charge in [-0.2, -0.15) is 0 Å². The number of ether oxygens (including phenoxy) is 1. The Hall–Kier alpha value is -2.23. The summed E-state index contributed by atoms with van der Waals surface area (Å²) in [5.74, 6) is 0.742. The zero-order valence-corrected chi connectivity index (χ0v) is 16.1. The first-order valence-electron chi connectivity index (χ1n) is 9.72. The summed E-state index contributed by atoms with van der Waals surface area (Å²) in [6.45, 7) is 6.51. The lowest BCUT2D eigenvalue weighted by atomic mass is 10.0. The second-order valence-electron chi connectivity index (χ2n) is 7.22. The number of hydrogen-bond acceptors (Lipinski definition) is 3. The van der Waals surface area contributed by atoms with Crippen LogP contribution in [0.15, 0.2) is 28.9 Å². The monoisotopic (exact) mass is 355 g/mol. The van der Waals surface area contributed by atoms with Crippen molar-refractivity contribution in [3.8, 4) is 5.75 Å². The van der Waals surface area contributed by atoms with Crippen molar-refractivity contribution >= 4 is 22.4 Å². The molecule has 0 atom stereocenters. The molecular formula is C22H29NO3. The van der Waals surface area contributed by atoms with Crippen molar-refractivity contribution in [2.45, 2.75) is 65.3 Å². The van der Waals surface area contributed by atoms with Gasteiger partial charge in [-0.1, -0.05) is 25.7 Å². The normalized spacial score (nSPS) is 16.5. The van der Waals surface area contributed by atoms with E-state index in [4.69, 9.17) is 9.15 Å². The molecule has 1 N–H and O–H groups in total. The molecule has 4 nitrogen and oxygen atoms in total. The van der Waals surface area contributed by atoms with Gasteiger partial charge in [-0.05, 0) is 50.8 Å². The summed E-state index contributed by atoms with van der Waals surface area (Å²) in [5.41, 5.74) is 3.74. The number of hydrogen-bond donors (Lipinski definition) is 1. The number of fused-ring (bicyclic) bond motifs is 1. The Morgan fingerprint density at radius 3 is 2.69 bits per heavy atom. The van der Waals surface area contributed by atoms with E-state index in [-0.39, 0.29) is 5.91 Å². The van der Waals surface area contributed by atoms with E-state index in [0.717, 1.165) is 46.3 Å². The summed E-state index contributed by atoms with van der Waals surface area (Å²) in [7, 11) is 0. The lowest BCUT2D eigenvalue weighted by Crippen LogP contribution is -2.33. The molecule has 1 fully saturated rings. The number of allylic oxidation sites excluding steroid dienone is 1. The van der Waals surface area contributed by atoms with Crippen LogP contribution in [0.5, 0.6) is 5.75 Å². The van der Waals surface area contributed by atoms with Gasteiger partial charge in [0.05, 0.1) is 12.9 Å². The minimum atomic E-state index is -0.0131. The van der Waals surface area contributed by atoms with Gasteiger partial charge in [0.15, 0.2) is 0 Å². The Balaban J connectivity index is 1.83. The van der Waals surface area contributed by atoms with Crippen molar-refractivity contribution < 1.29 is 13.9 Å². The molecule has 0 bridgehead atoms. The Morgan fingerprint density at radius 2 is 2.00 bits per heavy atom. The molecule has 1 aromatic heterocycles. The fourth-order valence-electron chi connectivity index (χ4n) is 3.71. The molecule has 4 heteroatoms. The first-order valence-corrected chi connectivity index (χ1v) is 9.72. The topological polar surface area (TPSA) is 51.5 Å². The number of benzene rings is 1. The number of amides is 1. The van der Waals surface area contributed by atoms with E-state index in [0.29, 0.717) is 12.6 Å². The van der Waals surface area contributed by atoms with Gasteiger partial charge in [0.2, 0.25) is 5.91 Å². The molecule has 26 heavy (non-hydrogen) atoms. The number of nitrogens with one attached hydrogen (secondary N) is 1. The van der Waals surface area contributed by atoms with Crippen LogP contribution in [0.25, 0.3) is 16.5 Å². The van der Waals surface area contributed by atoms with Gasteiger partial charge < -0.3 is 14.5 Å². The van der Waals surface area contributed by atoms with Gasteiger partial charge in [0.25, 0.3) is 0 Å². The highest BCUT2D eigenvalue weighted by atomic mass is 16.5. The fraction of sp³-hybridized carbons (Fsp3) is 0.500. The predicted octanol–water partition coefficient (Wildman–Crippen LogP) is 5.38. The van der Waals surface area contributed by atoms with Crippen LogP contribution in [0.4, 0.5) is 0 Å². The molecule has 0 saturated heterocycles. The van der Waals surface area contributed by atoms with Crippen molar-refractivity contribution in [1.82, 2.24) is 5.32 Å². The standard InChI is InChI=1S/C22H29NO3/c1-4-25-20-13-21-19(16(3)14-26-21)12-18(20)15(2)11-22(24)23-17-9-7-5-6-8-10-17/h11-14,17H,4-10H2,1-3H3,(H,23,24)/b15-11+. The molecule has 140 valence electrons. The Morgan fingerprint density at radius 1 is 1.27 bits per heavy atom. The van der Waals surface area contributed by atoms with E-state index < -0.39 is 0 Å². The maximum absolute atomic E-state index is 12.5. The van der Waals surface area contributed by atoms with E-state index in [1.54, 1.807) is 12.3 Å². The molecule has 1 aliphatic rings. The largest absolute Gasteiger partial charge is 0.493 e. The Bertz CT molecular complexity index is 795. The summed E-state index contributed by atoms with van der Waals surface area (Å²) < 4.78 is 11.4. The van der Waals surface area contributed by atoms with Crippen LogP contribution in [0.1, 0.15) is 63.5 Å². The maximum atomic E-state index is 12.5. The van der Waals surface area contributed by atoms with Crippen molar-refractivity contribution in [3.63, 3.8) is 0 Å². The summed E-state index contributed by atoms with van der Waals surface area (Å²) in [6, 6.07) is 4.28. The highest BCUT2D eigenvalue weighted by Crippen LogP contribution is 2.33. The van der Waals surface area contributed by atoms with E-state index >= 15 is 0 Å². The van der Waals surface area contributed by atoms with Crippen LogP contribution in [0.3, 0.4) is 0 Å². The van der Waals surface area contributed by atoms with E-state index in [2.05, 4.69) is 11.4 Å². The molecule has 1 aromatic carbocycles. The Labute approximate surface area is 155 Å². The highest BCUT2D eigenvalue weighted by Gasteiger charge is 2.16. The molecule has 1 saturated carbocycles. The number of aryl methyl sites for hydroxylation is 1. The van der Waals surface area contributed by atoms with Crippen molar-refractivity contribution in [1.29, 1.82) is 0 Å². The van der Waals surface area contributed by atoms with Crippen molar-refractivity contribution in [2.24, 2.45) is 0 Å². The SMILES string of the molecule is CCOc1cc2occ(C)c2cc1/C(C)=C/C(=O)NC1CCCCCC1. The quantitative estimate of drug-likeness (QED) is 0.578. The summed E-state index contributed by atoms with van der Waals surface area (Å²) >= 11 is 0. The lowest BCUT2D eigenvalue weighted by Gasteiger charge is -2.15. The van der Waals surface area contributed by atoms with Crippen molar-refractivity contribution in [2.75, 3.05) is 6.61 Å².